The van der Waals surface area contributed by atoms with Crippen molar-refractivity contribution in [2.75, 3.05) is 6.61 Å². The lowest BCUT2D eigenvalue weighted by molar-refractivity contribution is 0.363. The Morgan fingerprint density at radius 2 is 2.55 bits per heavy atom. The molecule has 0 aliphatic carbocycles. The molecular formula is C9H8ClO. The Kier molecular flexibility index (Phi) is 2.99. The molecule has 0 bridgehead atoms. The third-order valence-electron chi connectivity index (χ3n) is 1.11. The van der Waals surface area contributed by atoms with Gasteiger partial charge in [0.1, 0.15) is 12.4 Å². The summed E-state index contributed by atoms with van der Waals surface area (Å²) in [4.78, 5) is 0. The minimum absolute atomic E-state index is 0.500. The van der Waals surface area contributed by atoms with E-state index in [0.717, 1.165) is 5.75 Å². The van der Waals surface area contributed by atoms with Crippen molar-refractivity contribution in [2.24, 2.45) is 0 Å². The van der Waals surface area contributed by atoms with Crippen LogP contribution >= 0.6 is 11.6 Å². The van der Waals surface area contributed by atoms with E-state index < -0.39 is 0 Å². The lowest BCUT2D eigenvalue weighted by Crippen LogP contribution is -1.91. The molecule has 0 heterocycles. The lowest BCUT2D eigenvalue weighted by atomic mass is 10.3. The molecule has 0 N–H and O–H groups in total. The Balaban J connectivity index is 2.63. The van der Waals surface area contributed by atoms with Gasteiger partial charge in [-0.25, -0.2) is 0 Å². The van der Waals surface area contributed by atoms with Crippen molar-refractivity contribution in [3.63, 3.8) is 0 Å². The van der Waals surface area contributed by atoms with Crippen molar-refractivity contribution in [1.82, 2.24) is 0 Å². The van der Waals surface area contributed by atoms with Crippen molar-refractivity contribution in [3.05, 3.63) is 41.9 Å². The molecule has 0 spiro atoms. The van der Waals surface area contributed by atoms with Crippen molar-refractivity contribution in [3.8, 4) is 5.75 Å². The summed E-state index contributed by atoms with van der Waals surface area (Å²) in [5, 5.41) is 0.562. The zero-order chi connectivity index (χ0) is 8.10. The molecular weight excluding hydrogens is 160 g/mol. The van der Waals surface area contributed by atoms with E-state index in [1.54, 1.807) is 24.3 Å². The predicted octanol–water partition coefficient (Wildman–Crippen LogP) is 2.70. The van der Waals surface area contributed by atoms with Gasteiger partial charge in [0.2, 0.25) is 0 Å². The maximum absolute atomic E-state index is 5.66. The first-order chi connectivity index (χ1) is 5.33. The second kappa shape index (κ2) is 4.04. The first kappa shape index (κ1) is 8.15. The molecule has 1 aromatic carbocycles. The van der Waals surface area contributed by atoms with Crippen LogP contribution in [0.15, 0.2) is 30.9 Å². The van der Waals surface area contributed by atoms with Crippen LogP contribution in [0.3, 0.4) is 0 Å². The van der Waals surface area contributed by atoms with Gasteiger partial charge in [0.05, 0.1) is 5.02 Å². The number of benzene rings is 1. The maximum atomic E-state index is 5.66. The molecule has 11 heavy (non-hydrogen) atoms. The molecule has 1 rings (SSSR count). The summed E-state index contributed by atoms with van der Waals surface area (Å²) in [6.45, 7) is 4.03. The number of halogens is 1. The molecule has 0 saturated carbocycles. The summed E-state index contributed by atoms with van der Waals surface area (Å²) in [7, 11) is 0. The fraction of sp³-hybridized carbons (Fsp3) is 0.111. The highest BCUT2D eigenvalue weighted by molar-refractivity contribution is 6.30. The van der Waals surface area contributed by atoms with Crippen LogP contribution < -0.4 is 4.74 Å². The standard InChI is InChI=1S/C9H8ClO/c1-2-6-11-9-5-3-4-8(10)7-9/h2-3,5,7H,1,6H2. The van der Waals surface area contributed by atoms with Gasteiger partial charge in [-0.3, -0.25) is 0 Å². The van der Waals surface area contributed by atoms with Crippen LogP contribution in [0.4, 0.5) is 0 Å². The summed E-state index contributed by atoms with van der Waals surface area (Å²) < 4.78 is 5.21. The number of hydrogen-bond donors (Lipinski definition) is 0. The van der Waals surface area contributed by atoms with Gasteiger partial charge < -0.3 is 4.74 Å². The van der Waals surface area contributed by atoms with Gasteiger partial charge in [0.25, 0.3) is 0 Å². The second-order valence-electron chi connectivity index (χ2n) is 1.97. The zero-order valence-corrected chi connectivity index (χ0v) is 6.77. The van der Waals surface area contributed by atoms with Gasteiger partial charge in [-0.05, 0) is 18.2 Å². The molecule has 2 heteroatoms. The average molecular weight is 168 g/mol. The molecule has 57 valence electrons. The minimum atomic E-state index is 0.500. The number of hydrogen-bond acceptors (Lipinski definition) is 1. The summed E-state index contributed by atoms with van der Waals surface area (Å²) >= 11 is 5.66. The normalized spacial score (nSPS) is 9.18. The summed E-state index contributed by atoms with van der Waals surface area (Å²) in [6, 6.07) is 8.04. The van der Waals surface area contributed by atoms with E-state index in [1.807, 2.05) is 0 Å². The van der Waals surface area contributed by atoms with Gasteiger partial charge in [-0.15, -0.1) is 0 Å². The molecule has 0 amide bonds. The van der Waals surface area contributed by atoms with Gasteiger partial charge in [-0.2, -0.15) is 0 Å². The van der Waals surface area contributed by atoms with E-state index in [4.69, 9.17) is 16.3 Å². The molecule has 0 aliphatic heterocycles. The SMILES string of the molecule is C=CCOc1cc[c]c(Cl)c1. The Morgan fingerprint density at radius 1 is 1.73 bits per heavy atom. The van der Waals surface area contributed by atoms with E-state index in [-0.39, 0.29) is 0 Å². The van der Waals surface area contributed by atoms with Crippen LogP contribution in [0.25, 0.3) is 0 Å². The molecule has 0 aliphatic rings. The van der Waals surface area contributed by atoms with Crippen LogP contribution in [0.2, 0.25) is 5.02 Å². The Bertz CT molecular complexity index is 245. The third kappa shape index (κ3) is 2.64. The molecule has 0 atom stereocenters. The molecule has 0 saturated heterocycles. The fourth-order valence-electron chi connectivity index (χ4n) is 0.663. The van der Waals surface area contributed by atoms with Crippen molar-refractivity contribution >= 4 is 11.6 Å². The lowest BCUT2D eigenvalue weighted by Gasteiger charge is -2.01. The van der Waals surface area contributed by atoms with Crippen LogP contribution in [-0.4, -0.2) is 6.61 Å². The highest BCUT2D eigenvalue weighted by Crippen LogP contribution is 2.16. The zero-order valence-electron chi connectivity index (χ0n) is 6.01. The topological polar surface area (TPSA) is 9.23 Å². The molecule has 1 aromatic rings. The van der Waals surface area contributed by atoms with Crippen molar-refractivity contribution in [1.29, 1.82) is 0 Å². The largest absolute Gasteiger partial charge is 0.490 e. The van der Waals surface area contributed by atoms with Crippen LogP contribution in [0, 0.1) is 6.07 Å². The first-order valence-electron chi connectivity index (χ1n) is 3.24. The Labute approximate surface area is 71.3 Å². The van der Waals surface area contributed by atoms with Crippen molar-refractivity contribution in [2.45, 2.75) is 0 Å². The molecule has 0 unspecified atom stereocenters. The predicted molar refractivity (Wildman–Crippen MR) is 46.0 cm³/mol. The van der Waals surface area contributed by atoms with E-state index in [0.29, 0.717) is 11.6 Å². The summed E-state index contributed by atoms with van der Waals surface area (Å²) in [5.74, 6) is 0.744. The van der Waals surface area contributed by atoms with E-state index in [2.05, 4.69) is 12.6 Å². The van der Waals surface area contributed by atoms with Gasteiger partial charge >= 0.3 is 0 Å². The Morgan fingerprint density at radius 3 is 3.18 bits per heavy atom. The second-order valence-corrected chi connectivity index (χ2v) is 2.38. The first-order valence-corrected chi connectivity index (χ1v) is 3.61. The van der Waals surface area contributed by atoms with Crippen LogP contribution in [0.5, 0.6) is 5.75 Å². The third-order valence-corrected chi connectivity index (χ3v) is 1.32. The molecule has 1 radical (unpaired) electrons. The number of rotatable bonds is 3. The average Bonchev–Trinajstić information content (AvgIpc) is 2.01. The van der Waals surface area contributed by atoms with Crippen LogP contribution in [-0.2, 0) is 0 Å². The van der Waals surface area contributed by atoms with Gasteiger partial charge in [0.15, 0.2) is 0 Å². The quantitative estimate of drug-likeness (QED) is 0.629. The molecule has 0 aromatic heterocycles. The van der Waals surface area contributed by atoms with Gasteiger partial charge in [-0.1, -0.05) is 24.3 Å². The van der Waals surface area contributed by atoms with Crippen molar-refractivity contribution < 1.29 is 4.74 Å². The molecule has 1 nitrogen and oxygen atoms in total. The van der Waals surface area contributed by atoms with E-state index in [1.165, 1.54) is 0 Å². The molecule has 0 fully saturated rings. The highest BCUT2D eigenvalue weighted by Gasteiger charge is 1.91. The monoisotopic (exact) mass is 167 g/mol. The fourth-order valence-corrected chi connectivity index (χ4v) is 0.834. The Hall–Kier alpha value is -0.950. The van der Waals surface area contributed by atoms with Crippen LogP contribution in [0.1, 0.15) is 0 Å². The van der Waals surface area contributed by atoms with E-state index in [9.17, 15) is 0 Å². The maximum Gasteiger partial charge on any atom is 0.121 e. The minimum Gasteiger partial charge on any atom is -0.490 e. The number of ether oxygens (including phenoxy) is 1. The van der Waals surface area contributed by atoms with E-state index >= 15 is 0 Å². The summed E-state index contributed by atoms with van der Waals surface area (Å²) in [6.07, 6.45) is 1.69. The van der Waals surface area contributed by atoms with Gasteiger partial charge in [0, 0.05) is 6.07 Å². The highest BCUT2D eigenvalue weighted by atomic mass is 35.5. The summed E-state index contributed by atoms with van der Waals surface area (Å²) in [5.41, 5.74) is 0. The smallest absolute Gasteiger partial charge is 0.121 e.